The van der Waals surface area contributed by atoms with E-state index >= 15 is 0 Å². The van der Waals surface area contributed by atoms with E-state index in [4.69, 9.17) is 4.74 Å². The molecule has 1 aromatic rings. The van der Waals surface area contributed by atoms with Gasteiger partial charge in [-0.1, -0.05) is 18.2 Å². The minimum Gasteiger partial charge on any atom is -0.497 e. The minimum absolute atomic E-state index is 0.178. The Balaban J connectivity index is 1.94. The first-order valence-corrected chi connectivity index (χ1v) is 6.17. The maximum Gasteiger partial charge on any atom is 0.140 e. The van der Waals surface area contributed by atoms with Crippen LogP contribution in [0.25, 0.3) is 5.57 Å². The predicted molar refractivity (Wildman–Crippen MR) is 66.8 cm³/mol. The average Bonchev–Trinajstić information content (AvgIpc) is 2.39. The predicted octanol–water partition coefficient (Wildman–Crippen LogP) is 3.08. The lowest BCUT2D eigenvalue weighted by Crippen LogP contribution is -2.29. The standard InChI is InChI=1S/C15H16O2/c1-17-13-6-4-10(5-7-13)14-8-12-3-2-11(14)9-15(12)16/h4-8,11-12H,2-3,9H2,1H3/t11-,12-/m1/s1. The van der Waals surface area contributed by atoms with Gasteiger partial charge in [0.1, 0.15) is 11.5 Å². The number of allylic oxidation sites excluding steroid dienone is 2. The molecule has 1 fully saturated rings. The summed E-state index contributed by atoms with van der Waals surface area (Å²) in [4.78, 5) is 11.7. The van der Waals surface area contributed by atoms with Crippen molar-refractivity contribution in [1.82, 2.24) is 0 Å². The second kappa shape index (κ2) is 4.02. The minimum atomic E-state index is 0.178. The molecule has 0 spiro atoms. The summed E-state index contributed by atoms with van der Waals surface area (Å²) in [6.07, 6.45) is 5.13. The Kier molecular flexibility index (Phi) is 2.50. The number of fused-ring (bicyclic) bond motifs is 2. The van der Waals surface area contributed by atoms with Crippen molar-refractivity contribution in [3.05, 3.63) is 35.9 Å². The van der Waals surface area contributed by atoms with Gasteiger partial charge in [-0.2, -0.15) is 0 Å². The number of Topliss-reactive ketones (excluding diaryl/α,β-unsaturated/α-hetero) is 1. The highest BCUT2D eigenvalue weighted by molar-refractivity contribution is 5.91. The van der Waals surface area contributed by atoms with Crippen molar-refractivity contribution in [2.45, 2.75) is 19.3 Å². The fourth-order valence-corrected chi connectivity index (χ4v) is 2.95. The molecule has 88 valence electrons. The number of carbonyl (C=O) groups is 1. The number of hydrogen-bond donors (Lipinski definition) is 0. The number of ketones is 1. The highest BCUT2D eigenvalue weighted by atomic mass is 16.5. The second-order valence-corrected chi connectivity index (χ2v) is 4.90. The Morgan fingerprint density at radius 1 is 1.18 bits per heavy atom. The van der Waals surface area contributed by atoms with Crippen molar-refractivity contribution in [2.24, 2.45) is 11.8 Å². The van der Waals surface area contributed by atoms with Crippen molar-refractivity contribution < 1.29 is 9.53 Å². The molecule has 17 heavy (non-hydrogen) atoms. The Hall–Kier alpha value is -1.57. The summed E-state index contributed by atoms with van der Waals surface area (Å²) in [6.45, 7) is 0. The van der Waals surface area contributed by atoms with Gasteiger partial charge in [-0.3, -0.25) is 4.79 Å². The molecule has 2 heteroatoms. The average molecular weight is 228 g/mol. The number of rotatable bonds is 2. The highest BCUT2D eigenvalue weighted by Crippen LogP contribution is 2.43. The number of carbonyl (C=O) groups excluding carboxylic acids is 1. The molecule has 0 unspecified atom stereocenters. The van der Waals surface area contributed by atoms with Crippen molar-refractivity contribution in [3.63, 3.8) is 0 Å². The molecule has 4 rings (SSSR count). The first-order chi connectivity index (χ1) is 8.28. The van der Waals surface area contributed by atoms with Crippen LogP contribution in [0, 0.1) is 11.8 Å². The smallest absolute Gasteiger partial charge is 0.140 e. The van der Waals surface area contributed by atoms with Crippen LogP contribution >= 0.6 is 0 Å². The molecule has 0 aromatic heterocycles. The largest absolute Gasteiger partial charge is 0.497 e. The molecule has 0 N–H and O–H groups in total. The zero-order chi connectivity index (χ0) is 11.8. The van der Waals surface area contributed by atoms with E-state index < -0.39 is 0 Å². The second-order valence-electron chi connectivity index (χ2n) is 4.90. The van der Waals surface area contributed by atoms with Crippen LogP contribution in [0.5, 0.6) is 5.75 Å². The molecular formula is C15H16O2. The summed E-state index contributed by atoms with van der Waals surface area (Å²) >= 11 is 0. The fourth-order valence-electron chi connectivity index (χ4n) is 2.95. The van der Waals surface area contributed by atoms with E-state index in [0.29, 0.717) is 11.7 Å². The third-order valence-electron chi connectivity index (χ3n) is 3.93. The molecule has 3 aliphatic carbocycles. The van der Waals surface area contributed by atoms with Crippen LogP contribution < -0.4 is 4.74 Å². The van der Waals surface area contributed by atoms with Crippen molar-refractivity contribution in [2.75, 3.05) is 7.11 Å². The normalized spacial score (nSPS) is 26.9. The lowest BCUT2D eigenvalue weighted by atomic mass is 9.69. The molecular weight excluding hydrogens is 212 g/mol. The molecule has 2 atom stereocenters. The first kappa shape index (κ1) is 10.6. The van der Waals surface area contributed by atoms with E-state index in [1.807, 2.05) is 12.1 Å². The zero-order valence-corrected chi connectivity index (χ0v) is 9.98. The lowest BCUT2D eigenvalue weighted by molar-refractivity contribution is -0.124. The van der Waals surface area contributed by atoms with Gasteiger partial charge in [-0.15, -0.1) is 0 Å². The van der Waals surface area contributed by atoms with Gasteiger partial charge in [-0.25, -0.2) is 0 Å². The van der Waals surface area contributed by atoms with Gasteiger partial charge < -0.3 is 4.74 Å². The number of ether oxygens (including phenoxy) is 1. The van der Waals surface area contributed by atoms with E-state index in [-0.39, 0.29) is 5.92 Å². The van der Waals surface area contributed by atoms with Crippen LogP contribution in [0.2, 0.25) is 0 Å². The molecule has 1 saturated carbocycles. The number of methoxy groups -OCH3 is 1. The SMILES string of the molecule is COc1ccc(C2=C[C@H]3CC[C@@H]2CC3=O)cc1. The summed E-state index contributed by atoms with van der Waals surface area (Å²) < 4.78 is 5.16. The number of hydrogen-bond acceptors (Lipinski definition) is 2. The molecule has 0 saturated heterocycles. The van der Waals surface area contributed by atoms with E-state index in [9.17, 15) is 4.79 Å². The van der Waals surface area contributed by atoms with E-state index in [1.165, 1.54) is 11.1 Å². The van der Waals surface area contributed by atoms with Crippen molar-refractivity contribution in [1.29, 1.82) is 0 Å². The zero-order valence-electron chi connectivity index (χ0n) is 9.98. The third kappa shape index (κ3) is 1.78. The summed E-state index contributed by atoms with van der Waals surface area (Å²) in [7, 11) is 1.68. The van der Waals surface area contributed by atoms with Gasteiger partial charge >= 0.3 is 0 Å². The van der Waals surface area contributed by atoms with Crippen molar-refractivity contribution >= 4 is 11.4 Å². The molecule has 2 bridgehead atoms. The number of benzene rings is 1. The summed E-state index contributed by atoms with van der Waals surface area (Å²) in [5, 5.41) is 0. The van der Waals surface area contributed by atoms with E-state index in [2.05, 4.69) is 18.2 Å². The molecule has 0 aliphatic heterocycles. The summed E-state index contributed by atoms with van der Waals surface area (Å²) in [5.41, 5.74) is 2.61. The summed E-state index contributed by atoms with van der Waals surface area (Å²) in [5.74, 6) is 1.93. The van der Waals surface area contributed by atoms with Crippen LogP contribution in [0.3, 0.4) is 0 Å². The maximum absolute atomic E-state index is 11.7. The first-order valence-electron chi connectivity index (χ1n) is 6.17. The van der Waals surface area contributed by atoms with Gasteiger partial charge in [0.25, 0.3) is 0 Å². The van der Waals surface area contributed by atoms with Crippen molar-refractivity contribution in [3.8, 4) is 5.75 Å². The Morgan fingerprint density at radius 2 is 1.94 bits per heavy atom. The third-order valence-corrected chi connectivity index (χ3v) is 3.93. The maximum atomic E-state index is 11.7. The molecule has 1 aromatic carbocycles. The van der Waals surface area contributed by atoms with Crippen LogP contribution in [-0.2, 0) is 4.79 Å². The van der Waals surface area contributed by atoms with E-state index in [0.717, 1.165) is 25.0 Å². The molecule has 2 nitrogen and oxygen atoms in total. The molecule has 0 amide bonds. The highest BCUT2D eigenvalue weighted by Gasteiger charge is 2.35. The monoisotopic (exact) mass is 228 g/mol. The quantitative estimate of drug-likeness (QED) is 0.777. The Bertz CT molecular complexity index is 470. The lowest BCUT2D eigenvalue weighted by Gasteiger charge is -2.34. The van der Waals surface area contributed by atoms with E-state index in [1.54, 1.807) is 7.11 Å². The van der Waals surface area contributed by atoms with Crippen LogP contribution in [0.15, 0.2) is 30.3 Å². The van der Waals surface area contributed by atoms with Gasteiger partial charge in [-0.05, 0) is 42.0 Å². The Morgan fingerprint density at radius 3 is 2.47 bits per heavy atom. The molecule has 0 heterocycles. The molecule has 0 radical (unpaired) electrons. The van der Waals surface area contributed by atoms with Crippen LogP contribution in [0.4, 0.5) is 0 Å². The van der Waals surface area contributed by atoms with Gasteiger partial charge in [0.15, 0.2) is 0 Å². The van der Waals surface area contributed by atoms with Crippen LogP contribution in [0.1, 0.15) is 24.8 Å². The van der Waals surface area contributed by atoms with Gasteiger partial charge in [0.2, 0.25) is 0 Å². The van der Waals surface area contributed by atoms with Crippen LogP contribution in [-0.4, -0.2) is 12.9 Å². The van der Waals surface area contributed by atoms with Gasteiger partial charge in [0.05, 0.1) is 7.11 Å². The van der Waals surface area contributed by atoms with Gasteiger partial charge in [0, 0.05) is 12.3 Å². The molecule has 3 aliphatic rings. The topological polar surface area (TPSA) is 26.3 Å². The Labute approximate surface area is 101 Å². The fraction of sp³-hybridized carbons (Fsp3) is 0.400. The summed E-state index contributed by atoms with van der Waals surface area (Å²) in [6, 6.07) is 8.16.